The van der Waals surface area contributed by atoms with Crippen LogP contribution in [0.4, 0.5) is 5.69 Å². The van der Waals surface area contributed by atoms with Crippen LogP contribution in [0.25, 0.3) is 0 Å². The van der Waals surface area contributed by atoms with E-state index in [-0.39, 0.29) is 22.9 Å². The molecule has 3 N–H and O–H groups in total. The van der Waals surface area contributed by atoms with E-state index in [1.807, 2.05) is 0 Å². The average molecular weight is 309 g/mol. The Morgan fingerprint density at radius 2 is 1.81 bits per heavy atom. The van der Waals surface area contributed by atoms with Gasteiger partial charge in [0.25, 0.3) is 0 Å². The van der Waals surface area contributed by atoms with Crippen molar-refractivity contribution in [2.75, 3.05) is 11.9 Å². The van der Waals surface area contributed by atoms with Crippen molar-refractivity contribution in [2.45, 2.75) is 42.7 Å². The summed E-state index contributed by atoms with van der Waals surface area (Å²) in [5.41, 5.74) is 0.752. The zero-order valence-electron chi connectivity index (χ0n) is 11.6. The summed E-state index contributed by atoms with van der Waals surface area (Å²) in [5.74, 6) is -0.00616. The Balaban J connectivity index is 1.67. The van der Waals surface area contributed by atoms with E-state index >= 15 is 0 Å². The molecule has 7 heteroatoms. The smallest absolute Gasteiger partial charge is 0.242 e. The van der Waals surface area contributed by atoms with Crippen molar-refractivity contribution in [2.24, 2.45) is 0 Å². The van der Waals surface area contributed by atoms with Gasteiger partial charge in [0, 0.05) is 18.3 Å². The fourth-order valence-electron chi connectivity index (χ4n) is 2.33. The predicted molar refractivity (Wildman–Crippen MR) is 79.4 cm³/mol. The molecule has 2 aliphatic rings. The van der Waals surface area contributed by atoms with Gasteiger partial charge < -0.3 is 10.6 Å². The number of carbonyl (C=O) groups excluding carboxylic acids is 1. The van der Waals surface area contributed by atoms with E-state index in [4.69, 9.17) is 0 Å². The van der Waals surface area contributed by atoms with Crippen molar-refractivity contribution in [3.05, 3.63) is 24.3 Å². The van der Waals surface area contributed by atoms with E-state index < -0.39 is 10.0 Å². The molecule has 1 aliphatic carbocycles. The summed E-state index contributed by atoms with van der Waals surface area (Å²) in [6, 6.07) is 6.37. The summed E-state index contributed by atoms with van der Waals surface area (Å²) in [4.78, 5) is 11.9. The topological polar surface area (TPSA) is 87.3 Å². The fraction of sp³-hybridized carbons (Fsp3) is 0.500. The zero-order valence-corrected chi connectivity index (χ0v) is 12.4. The molecule has 1 saturated heterocycles. The van der Waals surface area contributed by atoms with Crippen LogP contribution in [0.15, 0.2) is 29.2 Å². The van der Waals surface area contributed by atoms with E-state index in [2.05, 4.69) is 15.4 Å². The van der Waals surface area contributed by atoms with Crippen LogP contribution in [0, 0.1) is 0 Å². The molecule has 1 atom stereocenters. The molecule has 1 aromatic rings. The van der Waals surface area contributed by atoms with Gasteiger partial charge in [-0.2, -0.15) is 0 Å². The Morgan fingerprint density at radius 3 is 2.43 bits per heavy atom. The summed E-state index contributed by atoms with van der Waals surface area (Å²) >= 11 is 0. The van der Waals surface area contributed by atoms with E-state index in [1.54, 1.807) is 24.3 Å². The van der Waals surface area contributed by atoms with Gasteiger partial charge in [-0.25, -0.2) is 13.1 Å². The van der Waals surface area contributed by atoms with E-state index in [1.165, 1.54) is 0 Å². The number of anilines is 1. The molecule has 1 unspecified atom stereocenters. The van der Waals surface area contributed by atoms with Crippen LogP contribution < -0.4 is 15.4 Å². The largest absolute Gasteiger partial charge is 0.374 e. The molecular weight excluding hydrogens is 290 g/mol. The average Bonchev–Trinajstić information content (AvgIpc) is 3.25. The second-order valence-electron chi connectivity index (χ2n) is 5.55. The molecule has 1 amide bonds. The Bertz CT molecular complexity index is 623. The molecule has 6 nitrogen and oxygen atoms in total. The van der Waals surface area contributed by atoms with Crippen LogP contribution in [0.5, 0.6) is 0 Å². The van der Waals surface area contributed by atoms with Crippen LogP contribution in [0.1, 0.15) is 25.7 Å². The van der Waals surface area contributed by atoms with Crippen molar-refractivity contribution < 1.29 is 13.2 Å². The first-order valence-electron chi connectivity index (χ1n) is 7.21. The lowest BCUT2D eigenvalue weighted by Crippen LogP contribution is -2.44. The van der Waals surface area contributed by atoms with Crippen LogP contribution >= 0.6 is 0 Å². The SMILES string of the molecule is O=C1NCCCC1Nc1ccc(S(=O)(=O)NC2CC2)cc1. The second kappa shape index (κ2) is 5.65. The molecule has 2 fully saturated rings. The van der Waals surface area contributed by atoms with Gasteiger partial charge in [0.2, 0.25) is 15.9 Å². The number of hydrogen-bond acceptors (Lipinski definition) is 4. The van der Waals surface area contributed by atoms with Crippen LogP contribution in [0.2, 0.25) is 0 Å². The van der Waals surface area contributed by atoms with Crippen molar-refractivity contribution in [1.29, 1.82) is 0 Å². The molecule has 0 aromatic heterocycles. The van der Waals surface area contributed by atoms with Crippen LogP contribution in [-0.2, 0) is 14.8 Å². The summed E-state index contributed by atoms with van der Waals surface area (Å²) < 4.78 is 26.7. The molecule has 1 heterocycles. The van der Waals surface area contributed by atoms with Gasteiger partial charge in [0.15, 0.2) is 0 Å². The van der Waals surface area contributed by atoms with Gasteiger partial charge in [-0.3, -0.25) is 4.79 Å². The monoisotopic (exact) mass is 309 g/mol. The number of piperidine rings is 1. The molecule has 114 valence electrons. The van der Waals surface area contributed by atoms with Gasteiger partial charge in [-0.05, 0) is 49.9 Å². The first kappa shape index (κ1) is 14.3. The molecule has 1 aliphatic heterocycles. The maximum Gasteiger partial charge on any atom is 0.242 e. The predicted octanol–water partition coefficient (Wildman–Crippen LogP) is 0.818. The van der Waals surface area contributed by atoms with E-state index in [0.717, 1.165) is 37.9 Å². The lowest BCUT2D eigenvalue weighted by Gasteiger charge is -2.23. The quantitative estimate of drug-likeness (QED) is 0.751. The Morgan fingerprint density at radius 1 is 1.10 bits per heavy atom. The van der Waals surface area contributed by atoms with Crippen molar-refractivity contribution in [3.8, 4) is 0 Å². The normalized spacial score (nSPS) is 22.7. The third-order valence-corrected chi connectivity index (χ3v) is 5.23. The molecule has 1 aromatic carbocycles. The highest BCUT2D eigenvalue weighted by Gasteiger charge is 2.28. The fourth-order valence-corrected chi connectivity index (χ4v) is 3.63. The first-order valence-corrected chi connectivity index (χ1v) is 8.69. The Labute approximate surface area is 124 Å². The van der Waals surface area contributed by atoms with Gasteiger partial charge >= 0.3 is 0 Å². The zero-order chi connectivity index (χ0) is 14.9. The lowest BCUT2D eigenvalue weighted by atomic mass is 10.1. The van der Waals surface area contributed by atoms with Gasteiger partial charge in [-0.1, -0.05) is 0 Å². The van der Waals surface area contributed by atoms with Crippen molar-refractivity contribution in [1.82, 2.24) is 10.0 Å². The standard InChI is InChI=1S/C14H19N3O3S/c18-14-13(2-1-9-15-14)16-10-5-7-12(8-6-10)21(19,20)17-11-3-4-11/h5-8,11,13,16-17H,1-4,9H2,(H,15,18). The van der Waals surface area contributed by atoms with Gasteiger partial charge in [0.1, 0.15) is 6.04 Å². The maximum absolute atomic E-state index is 12.0. The highest BCUT2D eigenvalue weighted by Crippen LogP contribution is 2.23. The minimum absolute atomic E-state index is 0.00616. The third kappa shape index (κ3) is 3.54. The molecule has 0 bridgehead atoms. The third-order valence-electron chi connectivity index (χ3n) is 3.69. The van der Waals surface area contributed by atoms with Crippen molar-refractivity contribution >= 4 is 21.6 Å². The van der Waals surface area contributed by atoms with E-state index in [9.17, 15) is 13.2 Å². The highest BCUT2D eigenvalue weighted by molar-refractivity contribution is 7.89. The van der Waals surface area contributed by atoms with E-state index in [0.29, 0.717) is 0 Å². The number of hydrogen-bond donors (Lipinski definition) is 3. The molecule has 1 saturated carbocycles. The summed E-state index contributed by atoms with van der Waals surface area (Å²) in [7, 11) is -3.41. The molecule has 0 spiro atoms. The lowest BCUT2D eigenvalue weighted by molar-refractivity contribution is -0.123. The summed E-state index contributed by atoms with van der Waals surface area (Å²) in [5, 5.41) is 5.94. The molecule has 3 rings (SSSR count). The van der Waals surface area contributed by atoms with Crippen LogP contribution in [0.3, 0.4) is 0 Å². The number of benzene rings is 1. The molecule has 21 heavy (non-hydrogen) atoms. The number of rotatable bonds is 5. The minimum Gasteiger partial charge on any atom is -0.374 e. The number of amides is 1. The van der Waals surface area contributed by atoms with Gasteiger partial charge in [0.05, 0.1) is 4.90 Å². The molecule has 0 radical (unpaired) electrons. The Hall–Kier alpha value is -1.60. The summed E-state index contributed by atoms with van der Waals surface area (Å²) in [6.45, 7) is 0.723. The minimum atomic E-state index is -3.41. The summed E-state index contributed by atoms with van der Waals surface area (Å²) in [6.07, 6.45) is 3.56. The number of nitrogens with one attached hydrogen (secondary N) is 3. The number of carbonyl (C=O) groups is 1. The van der Waals surface area contributed by atoms with Crippen LogP contribution in [-0.4, -0.2) is 33.0 Å². The highest BCUT2D eigenvalue weighted by atomic mass is 32.2. The first-order chi connectivity index (χ1) is 10.0. The second-order valence-corrected chi connectivity index (χ2v) is 7.26. The molecular formula is C14H19N3O3S. The van der Waals surface area contributed by atoms with Crippen molar-refractivity contribution in [3.63, 3.8) is 0 Å². The number of sulfonamides is 1. The maximum atomic E-state index is 12.0. The van der Waals surface area contributed by atoms with Gasteiger partial charge in [-0.15, -0.1) is 0 Å². The Kier molecular flexibility index (Phi) is 3.86.